The minimum absolute atomic E-state index is 0.0318. The fourth-order valence-electron chi connectivity index (χ4n) is 2.04. The average molecular weight is 182 g/mol. The summed E-state index contributed by atoms with van der Waals surface area (Å²) in [6.45, 7) is 1.22. The first-order valence-electron chi connectivity index (χ1n) is 4.75. The third-order valence-corrected chi connectivity index (χ3v) is 3.03. The second kappa shape index (κ2) is 3.10. The Morgan fingerprint density at radius 2 is 1.85 bits per heavy atom. The highest BCUT2D eigenvalue weighted by Gasteiger charge is 2.52. The van der Waals surface area contributed by atoms with E-state index in [4.69, 9.17) is 0 Å². The van der Waals surface area contributed by atoms with Gasteiger partial charge in [0.1, 0.15) is 0 Å². The van der Waals surface area contributed by atoms with E-state index >= 15 is 0 Å². The van der Waals surface area contributed by atoms with Gasteiger partial charge in [0.15, 0.2) is 0 Å². The summed E-state index contributed by atoms with van der Waals surface area (Å²) >= 11 is 0. The van der Waals surface area contributed by atoms with Gasteiger partial charge in [-0.1, -0.05) is 0 Å². The molecule has 1 N–H and O–H groups in total. The summed E-state index contributed by atoms with van der Waals surface area (Å²) in [7, 11) is 1.82. The van der Waals surface area contributed by atoms with E-state index in [2.05, 4.69) is 5.32 Å². The van der Waals surface area contributed by atoms with E-state index in [0.717, 1.165) is 12.8 Å². The summed E-state index contributed by atoms with van der Waals surface area (Å²) in [6, 6.07) is 0. The number of likely N-dealkylation sites (tertiary alicyclic amines) is 1. The van der Waals surface area contributed by atoms with Gasteiger partial charge in [-0.25, -0.2) is 0 Å². The number of nitrogens with one attached hydrogen (secondary N) is 1. The first-order chi connectivity index (χ1) is 6.25. The number of likely N-dealkylation sites (N-methyl/N-ethyl adjacent to an activating group) is 1. The lowest BCUT2D eigenvalue weighted by Crippen LogP contribution is -2.35. The summed E-state index contributed by atoms with van der Waals surface area (Å²) in [4.78, 5) is 24.5. The lowest BCUT2D eigenvalue weighted by Gasteiger charge is -2.24. The zero-order valence-corrected chi connectivity index (χ0v) is 7.75. The number of carbonyl (C=O) groups excluding carboxylic acids is 2. The highest BCUT2D eigenvalue weighted by molar-refractivity contribution is 6.06. The Bertz CT molecular complexity index is 230. The van der Waals surface area contributed by atoms with Crippen LogP contribution in [0.3, 0.4) is 0 Å². The second-order valence-electron chi connectivity index (χ2n) is 3.72. The Morgan fingerprint density at radius 3 is 2.23 bits per heavy atom. The van der Waals surface area contributed by atoms with E-state index in [1.165, 1.54) is 4.90 Å². The summed E-state index contributed by atoms with van der Waals surface area (Å²) in [5.41, 5.74) is 0. The molecule has 2 atom stereocenters. The van der Waals surface area contributed by atoms with Crippen molar-refractivity contribution in [3.8, 4) is 0 Å². The average Bonchev–Trinajstić information content (AvgIpc) is 2.16. The van der Waals surface area contributed by atoms with E-state index in [9.17, 15) is 9.59 Å². The molecule has 2 amide bonds. The van der Waals surface area contributed by atoms with Crippen molar-refractivity contribution in [2.24, 2.45) is 11.8 Å². The maximum atomic E-state index is 11.6. The molecule has 2 fully saturated rings. The number of amides is 2. The van der Waals surface area contributed by atoms with Gasteiger partial charge in [0.2, 0.25) is 11.8 Å². The molecule has 0 aromatic carbocycles. The van der Waals surface area contributed by atoms with Gasteiger partial charge in [-0.2, -0.15) is 0 Å². The Morgan fingerprint density at radius 1 is 1.31 bits per heavy atom. The summed E-state index contributed by atoms with van der Waals surface area (Å²) in [5.74, 6) is 0.168. The van der Waals surface area contributed by atoms with Gasteiger partial charge in [-0.3, -0.25) is 14.5 Å². The summed E-state index contributed by atoms with van der Waals surface area (Å²) < 4.78 is 0. The SMILES string of the molecule is CNCCN1C(=O)C2CCC2C1=O. The molecule has 1 saturated heterocycles. The highest BCUT2D eigenvalue weighted by atomic mass is 16.2. The Kier molecular flexibility index (Phi) is 2.07. The van der Waals surface area contributed by atoms with E-state index in [0.29, 0.717) is 13.1 Å². The second-order valence-corrected chi connectivity index (χ2v) is 3.72. The van der Waals surface area contributed by atoms with Crippen LogP contribution in [0.1, 0.15) is 12.8 Å². The molecule has 0 spiro atoms. The van der Waals surface area contributed by atoms with Gasteiger partial charge in [0.25, 0.3) is 0 Å². The molecule has 1 saturated carbocycles. The minimum Gasteiger partial charge on any atom is -0.318 e. The molecule has 0 aromatic heterocycles. The monoisotopic (exact) mass is 182 g/mol. The Hall–Kier alpha value is -0.900. The van der Waals surface area contributed by atoms with Crippen molar-refractivity contribution < 1.29 is 9.59 Å². The van der Waals surface area contributed by atoms with Crippen molar-refractivity contribution in [1.82, 2.24) is 10.2 Å². The summed E-state index contributed by atoms with van der Waals surface area (Å²) in [6.07, 6.45) is 1.82. The molecule has 72 valence electrons. The predicted molar refractivity (Wildman–Crippen MR) is 46.9 cm³/mol. The molecule has 1 heterocycles. The van der Waals surface area contributed by atoms with E-state index in [-0.39, 0.29) is 23.7 Å². The number of hydrogen-bond donors (Lipinski definition) is 1. The van der Waals surface area contributed by atoms with Crippen molar-refractivity contribution in [3.63, 3.8) is 0 Å². The quantitative estimate of drug-likeness (QED) is 0.604. The largest absolute Gasteiger partial charge is 0.318 e. The Labute approximate surface area is 77.3 Å². The van der Waals surface area contributed by atoms with Gasteiger partial charge >= 0.3 is 0 Å². The smallest absolute Gasteiger partial charge is 0.233 e. The maximum Gasteiger partial charge on any atom is 0.233 e. The molecule has 4 heteroatoms. The summed E-state index contributed by atoms with van der Waals surface area (Å²) in [5, 5.41) is 2.94. The van der Waals surface area contributed by atoms with Crippen LogP contribution >= 0.6 is 0 Å². The molecular weight excluding hydrogens is 168 g/mol. The van der Waals surface area contributed by atoms with Crippen LogP contribution in [0.25, 0.3) is 0 Å². The maximum absolute atomic E-state index is 11.6. The number of imide groups is 1. The van der Waals surface area contributed by atoms with Crippen LogP contribution in [0, 0.1) is 11.8 Å². The predicted octanol–water partition coefficient (Wildman–Crippen LogP) is -0.399. The molecule has 0 aromatic rings. The normalized spacial score (nSPS) is 31.9. The number of nitrogens with zero attached hydrogens (tertiary/aromatic N) is 1. The Balaban J connectivity index is 2.02. The van der Waals surface area contributed by atoms with E-state index in [1.54, 1.807) is 0 Å². The van der Waals surface area contributed by atoms with E-state index in [1.807, 2.05) is 7.05 Å². The van der Waals surface area contributed by atoms with Crippen molar-refractivity contribution in [2.75, 3.05) is 20.1 Å². The first kappa shape index (κ1) is 8.69. The van der Waals surface area contributed by atoms with E-state index < -0.39 is 0 Å². The molecule has 4 nitrogen and oxygen atoms in total. The van der Waals surface area contributed by atoms with Crippen LogP contribution in [0.4, 0.5) is 0 Å². The third-order valence-electron chi connectivity index (χ3n) is 3.03. The number of carbonyl (C=O) groups is 2. The van der Waals surface area contributed by atoms with Crippen LogP contribution in [0.15, 0.2) is 0 Å². The molecule has 1 aliphatic carbocycles. The lowest BCUT2D eigenvalue weighted by atomic mass is 9.76. The molecule has 1 aliphatic heterocycles. The standard InChI is InChI=1S/C9H14N2O2/c1-10-4-5-11-8(12)6-2-3-7(6)9(11)13/h6-7,10H,2-5H2,1H3. The lowest BCUT2D eigenvalue weighted by molar-refractivity contribution is -0.139. The minimum atomic E-state index is 0.0318. The molecule has 13 heavy (non-hydrogen) atoms. The van der Waals surface area contributed by atoms with Crippen LogP contribution < -0.4 is 5.32 Å². The molecule has 0 bridgehead atoms. The van der Waals surface area contributed by atoms with Crippen LogP contribution in [0.2, 0.25) is 0 Å². The zero-order chi connectivity index (χ0) is 9.42. The van der Waals surface area contributed by atoms with Gasteiger partial charge in [0.05, 0.1) is 11.8 Å². The fraction of sp³-hybridized carbons (Fsp3) is 0.778. The molecular formula is C9H14N2O2. The van der Waals surface area contributed by atoms with Crippen molar-refractivity contribution in [1.29, 1.82) is 0 Å². The fourth-order valence-corrected chi connectivity index (χ4v) is 2.04. The third kappa shape index (κ3) is 1.16. The van der Waals surface area contributed by atoms with Crippen molar-refractivity contribution in [2.45, 2.75) is 12.8 Å². The van der Waals surface area contributed by atoms with Gasteiger partial charge in [-0.05, 0) is 19.9 Å². The highest BCUT2D eigenvalue weighted by Crippen LogP contribution is 2.42. The van der Waals surface area contributed by atoms with Crippen molar-refractivity contribution in [3.05, 3.63) is 0 Å². The topological polar surface area (TPSA) is 49.4 Å². The van der Waals surface area contributed by atoms with Gasteiger partial charge < -0.3 is 5.32 Å². The van der Waals surface area contributed by atoms with Gasteiger partial charge in [-0.15, -0.1) is 0 Å². The van der Waals surface area contributed by atoms with Crippen LogP contribution in [0.5, 0.6) is 0 Å². The van der Waals surface area contributed by atoms with Crippen LogP contribution in [-0.4, -0.2) is 36.9 Å². The number of fused-ring (bicyclic) bond motifs is 1. The molecule has 0 radical (unpaired) electrons. The number of rotatable bonds is 3. The molecule has 2 rings (SSSR count). The zero-order valence-electron chi connectivity index (χ0n) is 7.75. The molecule has 2 aliphatic rings. The molecule has 2 unspecified atom stereocenters. The number of hydrogen-bond acceptors (Lipinski definition) is 3. The van der Waals surface area contributed by atoms with Crippen molar-refractivity contribution >= 4 is 11.8 Å². The van der Waals surface area contributed by atoms with Crippen LogP contribution in [-0.2, 0) is 9.59 Å². The first-order valence-corrected chi connectivity index (χ1v) is 4.75. The van der Waals surface area contributed by atoms with Gasteiger partial charge in [0, 0.05) is 13.1 Å².